The number of thiophene rings is 1. The molecule has 0 unspecified atom stereocenters. The van der Waals surface area contributed by atoms with Crippen LogP contribution in [0.25, 0.3) is 10.2 Å². The van der Waals surface area contributed by atoms with Gasteiger partial charge in [0.05, 0.1) is 28.9 Å². The molecule has 0 radical (unpaired) electrons. The summed E-state index contributed by atoms with van der Waals surface area (Å²) in [4.78, 5) is 30.1. The minimum absolute atomic E-state index is 0.00974. The van der Waals surface area contributed by atoms with E-state index in [2.05, 4.69) is 10.3 Å². The molecule has 11 heteroatoms. The van der Waals surface area contributed by atoms with E-state index in [0.29, 0.717) is 35.7 Å². The Morgan fingerprint density at radius 2 is 1.97 bits per heavy atom. The Labute approximate surface area is 190 Å². The van der Waals surface area contributed by atoms with Crippen molar-refractivity contribution in [3.63, 3.8) is 0 Å². The van der Waals surface area contributed by atoms with Crippen molar-refractivity contribution < 1.29 is 17.9 Å². The fourth-order valence-corrected chi connectivity index (χ4v) is 5.46. The molecule has 1 N–H and O–H groups in total. The van der Waals surface area contributed by atoms with E-state index < -0.39 is 10.0 Å². The number of hydrogen-bond donors (Lipinski definition) is 1. The van der Waals surface area contributed by atoms with Gasteiger partial charge in [-0.05, 0) is 36.6 Å². The molecule has 0 aliphatic carbocycles. The Kier molecular flexibility index (Phi) is 7.64. The number of aryl methyl sites for hydroxylation is 1. The Morgan fingerprint density at radius 3 is 2.66 bits per heavy atom. The number of benzene rings is 1. The molecule has 0 fully saturated rings. The number of nitrogens with zero attached hydrogens (tertiary/aromatic N) is 3. The fourth-order valence-electron chi connectivity index (χ4n) is 3.25. The number of hydrogen-bond acceptors (Lipinski definition) is 7. The number of anilines is 1. The van der Waals surface area contributed by atoms with Gasteiger partial charge in [-0.1, -0.05) is 13.8 Å². The van der Waals surface area contributed by atoms with Crippen molar-refractivity contribution in [1.82, 2.24) is 13.9 Å². The average molecular weight is 479 g/mol. The third-order valence-electron chi connectivity index (χ3n) is 4.90. The first-order valence-electron chi connectivity index (χ1n) is 10.3. The topological polar surface area (TPSA) is 111 Å². The van der Waals surface area contributed by atoms with Gasteiger partial charge >= 0.3 is 0 Å². The number of fused-ring (bicyclic) bond motifs is 1. The highest BCUT2D eigenvalue weighted by molar-refractivity contribution is 7.89. The second kappa shape index (κ2) is 10.2. The van der Waals surface area contributed by atoms with Crippen molar-refractivity contribution in [1.29, 1.82) is 0 Å². The molecule has 3 aromatic rings. The summed E-state index contributed by atoms with van der Waals surface area (Å²) in [7, 11) is -3.69. The first-order chi connectivity index (χ1) is 15.3. The number of ether oxygens (including phenoxy) is 1. The number of aromatic nitrogens is 2. The molecule has 0 bridgehead atoms. The molecule has 0 spiro atoms. The molecule has 0 atom stereocenters. The van der Waals surface area contributed by atoms with Crippen LogP contribution < -0.4 is 15.6 Å². The molecular weight excluding hydrogens is 452 g/mol. The van der Waals surface area contributed by atoms with Gasteiger partial charge in [0.2, 0.25) is 15.9 Å². The Morgan fingerprint density at radius 1 is 1.22 bits per heavy atom. The summed E-state index contributed by atoms with van der Waals surface area (Å²) in [5.41, 5.74) is 0.0650. The Hall–Kier alpha value is -2.76. The van der Waals surface area contributed by atoms with Gasteiger partial charge in [0, 0.05) is 26.1 Å². The highest BCUT2D eigenvalue weighted by Gasteiger charge is 2.23. The zero-order chi connectivity index (χ0) is 23.3. The Balaban J connectivity index is 1.80. The van der Waals surface area contributed by atoms with Gasteiger partial charge in [-0.3, -0.25) is 14.2 Å². The van der Waals surface area contributed by atoms with E-state index in [9.17, 15) is 18.0 Å². The zero-order valence-corrected chi connectivity index (χ0v) is 19.8. The van der Waals surface area contributed by atoms with Crippen LogP contribution in [0.2, 0.25) is 0 Å². The largest absolute Gasteiger partial charge is 0.492 e. The van der Waals surface area contributed by atoms with E-state index in [-0.39, 0.29) is 35.0 Å². The lowest BCUT2D eigenvalue weighted by molar-refractivity contribution is -0.116. The quantitative estimate of drug-likeness (QED) is 0.480. The molecule has 1 amide bonds. The maximum Gasteiger partial charge on any atom is 0.262 e. The SMILES string of the molecule is CCOc1ccc(S(=O)(=O)N(CC)CC)cc1NC(=O)CCn1cnc2sccc2c1=O. The summed E-state index contributed by atoms with van der Waals surface area (Å²) in [6, 6.07) is 6.12. The lowest BCUT2D eigenvalue weighted by Gasteiger charge is -2.20. The van der Waals surface area contributed by atoms with Crippen LogP contribution in [-0.4, -0.2) is 47.9 Å². The van der Waals surface area contributed by atoms with Crippen LogP contribution in [0.4, 0.5) is 5.69 Å². The molecule has 0 saturated carbocycles. The van der Waals surface area contributed by atoms with E-state index in [1.165, 1.54) is 44.7 Å². The Bertz CT molecular complexity index is 1260. The van der Waals surface area contributed by atoms with Crippen molar-refractivity contribution >= 4 is 43.2 Å². The third-order valence-corrected chi connectivity index (χ3v) is 7.76. The average Bonchev–Trinajstić information content (AvgIpc) is 3.25. The first-order valence-corrected chi connectivity index (χ1v) is 12.6. The molecule has 172 valence electrons. The van der Waals surface area contributed by atoms with Gasteiger partial charge in [0.25, 0.3) is 5.56 Å². The van der Waals surface area contributed by atoms with E-state index in [0.717, 1.165) is 0 Å². The molecule has 3 rings (SSSR count). The molecule has 32 heavy (non-hydrogen) atoms. The van der Waals surface area contributed by atoms with E-state index in [1.54, 1.807) is 32.2 Å². The number of sulfonamides is 1. The lowest BCUT2D eigenvalue weighted by atomic mass is 10.2. The maximum absolute atomic E-state index is 12.9. The smallest absolute Gasteiger partial charge is 0.262 e. The van der Waals surface area contributed by atoms with Gasteiger partial charge in [-0.15, -0.1) is 11.3 Å². The maximum atomic E-state index is 12.9. The predicted molar refractivity (Wildman–Crippen MR) is 125 cm³/mol. The zero-order valence-electron chi connectivity index (χ0n) is 18.2. The van der Waals surface area contributed by atoms with Crippen molar-refractivity contribution in [2.24, 2.45) is 0 Å². The van der Waals surface area contributed by atoms with Gasteiger partial charge in [0.1, 0.15) is 10.6 Å². The second-order valence-electron chi connectivity index (χ2n) is 6.86. The van der Waals surface area contributed by atoms with Crippen LogP contribution >= 0.6 is 11.3 Å². The molecule has 0 aliphatic heterocycles. The normalized spacial score (nSPS) is 11.8. The van der Waals surface area contributed by atoms with Crippen LogP contribution in [0.5, 0.6) is 5.75 Å². The molecule has 0 aliphatic rings. The van der Waals surface area contributed by atoms with Crippen molar-refractivity contribution in [2.75, 3.05) is 25.0 Å². The molecule has 0 saturated heterocycles. The molecule has 2 aromatic heterocycles. The van der Waals surface area contributed by atoms with Crippen molar-refractivity contribution in [3.05, 3.63) is 46.3 Å². The first kappa shape index (κ1) is 23.9. The van der Waals surface area contributed by atoms with Crippen LogP contribution in [0, 0.1) is 0 Å². The monoisotopic (exact) mass is 478 g/mol. The molecule has 2 heterocycles. The summed E-state index contributed by atoms with van der Waals surface area (Å²) < 4.78 is 34.0. The minimum atomic E-state index is -3.69. The minimum Gasteiger partial charge on any atom is -0.492 e. The van der Waals surface area contributed by atoms with Crippen molar-refractivity contribution in [2.45, 2.75) is 38.6 Å². The predicted octanol–water partition coefficient (Wildman–Crippen LogP) is 2.92. The van der Waals surface area contributed by atoms with E-state index >= 15 is 0 Å². The number of carbonyl (C=O) groups excluding carboxylic acids is 1. The summed E-state index contributed by atoms with van der Waals surface area (Å²) >= 11 is 1.38. The number of amides is 1. The summed E-state index contributed by atoms with van der Waals surface area (Å²) in [5, 5.41) is 5.04. The number of carbonyl (C=O) groups is 1. The molecular formula is C21H26N4O5S2. The second-order valence-corrected chi connectivity index (χ2v) is 9.69. The summed E-state index contributed by atoms with van der Waals surface area (Å²) in [5.74, 6) is -0.00136. The van der Waals surface area contributed by atoms with Gasteiger partial charge in [-0.25, -0.2) is 13.4 Å². The van der Waals surface area contributed by atoms with Gasteiger partial charge in [0.15, 0.2) is 0 Å². The summed E-state index contributed by atoms with van der Waals surface area (Å²) in [6.45, 7) is 6.50. The van der Waals surface area contributed by atoms with Gasteiger partial charge < -0.3 is 10.1 Å². The number of nitrogens with one attached hydrogen (secondary N) is 1. The van der Waals surface area contributed by atoms with Crippen molar-refractivity contribution in [3.8, 4) is 5.75 Å². The van der Waals surface area contributed by atoms with Gasteiger partial charge in [-0.2, -0.15) is 4.31 Å². The fraction of sp³-hybridized carbons (Fsp3) is 0.381. The van der Waals surface area contributed by atoms with E-state index in [1.807, 2.05) is 0 Å². The highest BCUT2D eigenvalue weighted by Crippen LogP contribution is 2.29. The molecule has 1 aromatic carbocycles. The highest BCUT2D eigenvalue weighted by atomic mass is 32.2. The summed E-state index contributed by atoms with van der Waals surface area (Å²) in [6.07, 6.45) is 1.44. The van der Waals surface area contributed by atoms with Crippen LogP contribution in [0.15, 0.2) is 45.7 Å². The van der Waals surface area contributed by atoms with E-state index in [4.69, 9.17) is 4.74 Å². The molecule has 9 nitrogen and oxygen atoms in total. The third kappa shape index (κ3) is 5.00. The van der Waals surface area contributed by atoms with Crippen LogP contribution in [0.1, 0.15) is 27.2 Å². The van der Waals surface area contributed by atoms with Crippen LogP contribution in [-0.2, 0) is 21.4 Å². The number of rotatable bonds is 10. The lowest BCUT2D eigenvalue weighted by Crippen LogP contribution is -2.30. The van der Waals surface area contributed by atoms with Crippen LogP contribution in [0.3, 0.4) is 0 Å². The standard InChI is InChI=1S/C21H26N4O5S2/c1-4-25(5-2)32(28,29)15-7-8-18(30-6-3)17(13-15)23-19(26)9-11-24-14-22-20-16(21(24)27)10-12-31-20/h7-8,10,12-14H,4-6,9,11H2,1-3H3,(H,23,26).